The van der Waals surface area contributed by atoms with Gasteiger partial charge in [-0.2, -0.15) is 0 Å². The number of aryl methyl sites for hydroxylation is 1. The molecule has 3 unspecified atom stereocenters. The van der Waals surface area contributed by atoms with E-state index in [2.05, 4.69) is 11.8 Å². The molecule has 0 N–H and O–H groups in total. The molecule has 0 bridgehead atoms. The van der Waals surface area contributed by atoms with Crippen LogP contribution in [0.25, 0.3) is 6.08 Å². The van der Waals surface area contributed by atoms with Gasteiger partial charge in [0.15, 0.2) is 0 Å². The molecule has 2 amide bonds. The van der Waals surface area contributed by atoms with Crippen LogP contribution in [0, 0.1) is 12.8 Å². The van der Waals surface area contributed by atoms with Crippen LogP contribution in [0.5, 0.6) is 0 Å². The number of nitrogens with zero attached hydrogens (tertiary/aromatic N) is 3. The fraction of sp³-hybridized carbons (Fsp3) is 0.429. The zero-order chi connectivity index (χ0) is 25.4. The molecule has 3 fully saturated rings. The molecule has 8 heteroatoms. The van der Waals surface area contributed by atoms with Crippen molar-refractivity contribution >= 4 is 58.5 Å². The molecule has 2 saturated heterocycles. The Hall–Kier alpha value is -2.15. The first-order valence-corrected chi connectivity index (χ1v) is 14.1. The van der Waals surface area contributed by atoms with E-state index in [1.807, 2.05) is 65.4 Å². The predicted molar refractivity (Wildman–Crippen MR) is 150 cm³/mol. The lowest BCUT2D eigenvalue weighted by Crippen LogP contribution is -2.55. The smallest absolute Gasteiger partial charge is 0.260 e. The third-order valence-electron chi connectivity index (χ3n) is 7.66. The van der Waals surface area contributed by atoms with Gasteiger partial charge < -0.3 is 14.7 Å². The van der Waals surface area contributed by atoms with Crippen LogP contribution in [-0.4, -0.2) is 66.1 Å². The molecule has 3 aliphatic rings. The van der Waals surface area contributed by atoms with E-state index in [0.29, 0.717) is 23.4 Å². The number of thioether (sulfide) groups is 1. The van der Waals surface area contributed by atoms with Gasteiger partial charge in [-0.25, -0.2) is 0 Å². The van der Waals surface area contributed by atoms with Gasteiger partial charge in [0, 0.05) is 66.2 Å². The van der Waals surface area contributed by atoms with Gasteiger partial charge in [0.25, 0.3) is 5.91 Å². The molecular formula is C28H31Cl2N3O2S. The van der Waals surface area contributed by atoms with Crippen molar-refractivity contribution in [3.05, 3.63) is 68.5 Å². The summed E-state index contributed by atoms with van der Waals surface area (Å²) in [6.45, 7) is 5.13. The lowest BCUT2D eigenvalue weighted by atomic mass is 9.83. The molecule has 0 spiro atoms. The maximum Gasteiger partial charge on any atom is 0.260 e. The molecule has 0 aromatic heterocycles. The summed E-state index contributed by atoms with van der Waals surface area (Å²) in [5.41, 5.74) is 3.28. The molecule has 2 aromatic carbocycles. The van der Waals surface area contributed by atoms with Crippen molar-refractivity contribution in [2.75, 3.05) is 38.1 Å². The molecule has 5 rings (SSSR count). The highest BCUT2D eigenvalue weighted by molar-refractivity contribution is 8.04. The van der Waals surface area contributed by atoms with E-state index in [-0.39, 0.29) is 23.8 Å². The van der Waals surface area contributed by atoms with Crippen molar-refractivity contribution in [1.29, 1.82) is 0 Å². The zero-order valence-corrected chi connectivity index (χ0v) is 23.0. The van der Waals surface area contributed by atoms with Gasteiger partial charge in [0.05, 0.1) is 4.91 Å². The maximum absolute atomic E-state index is 13.5. The minimum atomic E-state index is -0.0278. The van der Waals surface area contributed by atoms with Crippen molar-refractivity contribution in [2.45, 2.75) is 37.5 Å². The second kappa shape index (κ2) is 10.7. The van der Waals surface area contributed by atoms with E-state index in [9.17, 15) is 9.59 Å². The number of amides is 2. The number of fused-ring (bicyclic) bond motifs is 1. The van der Waals surface area contributed by atoms with Crippen LogP contribution < -0.4 is 4.90 Å². The summed E-state index contributed by atoms with van der Waals surface area (Å²) in [5.74, 6) is 0.238. The number of anilines is 1. The van der Waals surface area contributed by atoms with Crippen LogP contribution in [-0.2, 0) is 9.59 Å². The third kappa shape index (κ3) is 5.27. The van der Waals surface area contributed by atoms with Gasteiger partial charge in [-0.05, 0) is 67.7 Å². The zero-order valence-electron chi connectivity index (χ0n) is 20.6. The summed E-state index contributed by atoms with van der Waals surface area (Å²) in [7, 11) is 1.88. The number of rotatable bonds is 3. The number of piperazine rings is 1. The Labute approximate surface area is 227 Å². The summed E-state index contributed by atoms with van der Waals surface area (Å²) in [6, 6.07) is 13.6. The first-order chi connectivity index (χ1) is 17.3. The molecular weight excluding hydrogens is 513 g/mol. The van der Waals surface area contributed by atoms with E-state index >= 15 is 0 Å². The fourth-order valence-corrected chi connectivity index (χ4v) is 7.46. The maximum atomic E-state index is 13.5. The molecule has 1 saturated carbocycles. The number of hydrogen-bond donors (Lipinski definition) is 0. The predicted octanol–water partition coefficient (Wildman–Crippen LogP) is 5.73. The van der Waals surface area contributed by atoms with Crippen molar-refractivity contribution < 1.29 is 9.59 Å². The van der Waals surface area contributed by atoms with Crippen LogP contribution in [0.15, 0.2) is 47.4 Å². The average molecular weight is 545 g/mol. The second-order valence-electron chi connectivity index (χ2n) is 9.96. The van der Waals surface area contributed by atoms with E-state index in [1.165, 1.54) is 5.56 Å². The quantitative estimate of drug-likeness (QED) is 0.463. The molecule has 36 heavy (non-hydrogen) atoms. The Balaban J connectivity index is 1.21. The van der Waals surface area contributed by atoms with Gasteiger partial charge >= 0.3 is 0 Å². The number of carbonyl (C=O) groups is 2. The van der Waals surface area contributed by atoms with Gasteiger partial charge in [-0.3, -0.25) is 9.59 Å². The van der Waals surface area contributed by atoms with Crippen molar-refractivity contribution in [2.24, 2.45) is 5.92 Å². The molecule has 2 aliphatic heterocycles. The van der Waals surface area contributed by atoms with E-state index in [4.69, 9.17) is 23.2 Å². The lowest BCUT2D eigenvalue weighted by molar-refractivity contribution is -0.139. The standard InChI is InChI=1S/C28H31Cl2N3O2S/c1-18-6-8-22(30)17-23(18)32-10-12-33(13-11-32)27(34)20-7-9-25-24(16-20)31(2)28(35)26(36-25)15-19-4-3-5-21(29)14-19/h3-6,8,14-15,17,20,24-25H,7,9-13,16H2,1-2H3/b26-15-. The highest BCUT2D eigenvalue weighted by Gasteiger charge is 2.43. The summed E-state index contributed by atoms with van der Waals surface area (Å²) in [6.07, 6.45) is 4.46. The fourth-order valence-electron chi connectivity index (χ4n) is 5.62. The molecule has 2 aromatic rings. The minimum absolute atomic E-state index is 0.0276. The second-order valence-corrected chi connectivity index (χ2v) is 12.1. The van der Waals surface area contributed by atoms with Crippen LogP contribution >= 0.6 is 35.0 Å². The highest BCUT2D eigenvalue weighted by Crippen LogP contribution is 2.43. The summed E-state index contributed by atoms with van der Waals surface area (Å²) in [4.78, 5) is 33.6. The average Bonchev–Trinajstić information content (AvgIpc) is 2.88. The Morgan fingerprint density at radius 1 is 1.03 bits per heavy atom. The monoisotopic (exact) mass is 543 g/mol. The van der Waals surface area contributed by atoms with Crippen molar-refractivity contribution in [3.63, 3.8) is 0 Å². The lowest BCUT2D eigenvalue weighted by Gasteiger charge is -2.45. The van der Waals surface area contributed by atoms with Crippen LogP contribution in [0.1, 0.15) is 30.4 Å². The molecule has 1 aliphatic carbocycles. The molecule has 5 nitrogen and oxygen atoms in total. The van der Waals surface area contributed by atoms with E-state index in [0.717, 1.165) is 53.5 Å². The summed E-state index contributed by atoms with van der Waals surface area (Å²) in [5, 5.41) is 1.71. The largest absolute Gasteiger partial charge is 0.368 e. The number of benzene rings is 2. The van der Waals surface area contributed by atoms with E-state index in [1.54, 1.807) is 11.8 Å². The minimum Gasteiger partial charge on any atom is -0.368 e. The number of carbonyl (C=O) groups excluding carboxylic acids is 2. The van der Waals surface area contributed by atoms with Crippen LogP contribution in [0.4, 0.5) is 5.69 Å². The van der Waals surface area contributed by atoms with Crippen LogP contribution in [0.2, 0.25) is 10.0 Å². The SMILES string of the molecule is Cc1ccc(Cl)cc1N1CCN(C(=O)C2CCC3S/C(=C\c4cccc(Cl)c4)C(=O)N(C)C3C2)CC1. The normalized spacial score (nSPS) is 25.8. The third-order valence-corrected chi connectivity index (χ3v) is 9.53. The van der Waals surface area contributed by atoms with E-state index < -0.39 is 0 Å². The molecule has 190 valence electrons. The molecule has 3 atom stereocenters. The van der Waals surface area contributed by atoms with Gasteiger partial charge in [0.1, 0.15) is 0 Å². The van der Waals surface area contributed by atoms with Crippen molar-refractivity contribution in [1.82, 2.24) is 9.80 Å². The Morgan fingerprint density at radius 3 is 2.53 bits per heavy atom. The number of likely N-dealkylation sites (N-methyl/N-ethyl adjacent to an activating group) is 1. The van der Waals surface area contributed by atoms with Crippen molar-refractivity contribution in [3.8, 4) is 0 Å². The first-order valence-electron chi connectivity index (χ1n) is 12.5. The van der Waals surface area contributed by atoms with Gasteiger partial charge in [-0.15, -0.1) is 11.8 Å². The van der Waals surface area contributed by atoms with Crippen LogP contribution in [0.3, 0.4) is 0 Å². The first kappa shape index (κ1) is 25.5. The highest BCUT2D eigenvalue weighted by atomic mass is 35.5. The Kier molecular flexibility index (Phi) is 7.57. The summed E-state index contributed by atoms with van der Waals surface area (Å²) >= 11 is 14.0. The Bertz CT molecular complexity index is 1200. The summed E-state index contributed by atoms with van der Waals surface area (Å²) < 4.78 is 0. The number of halogens is 2. The van der Waals surface area contributed by atoms with Gasteiger partial charge in [-0.1, -0.05) is 41.4 Å². The topological polar surface area (TPSA) is 43.9 Å². The van der Waals surface area contributed by atoms with Gasteiger partial charge in [0.2, 0.25) is 5.91 Å². The Morgan fingerprint density at radius 2 is 1.78 bits per heavy atom. The molecule has 2 heterocycles. The number of hydrogen-bond acceptors (Lipinski definition) is 4. The molecule has 0 radical (unpaired) electrons.